The minimum atomic E-state index is 0.930. The molecule has 0 aromatic rings. The van der Waals surface area contributed by atoms with E-state index in [-0.39, 0.29) is 0 Å². The lowest BCUT2D eigenvalue weighted by molar-refractivity contribution is 0.286. The third kappa shape index (κ3) is 4.92. The summed E-state index contributed by atoms with van der Waals surface area (Å²) in [7, 11) is 0. The monoisotopic (exact) mass is 201 g/mol. The van der Waals surface area contributed by atoms with Crippen molar-refractivity contribution in [1.29, 1.82) is 0 Å². The minimum Gasteiger partial charge on any atom is -0.302 e. The Bertz CT molecular complexity index is 121. The van der Waals surface area contributed by atoms with Crippen LogP contribution in [-0.2, 0) is 0 Å². The maximum Gasteiger partial charge on any atom is 0.00727 e. The first-order valence-electron chi connectivity index (χ1n) is 5.63. The summed E-state index contributed by atoms with van der Waals surface area (Å²) >= 11 is 2.10. The summed E-state index contributed by atoms with van der Waals surface area (Å²) in [5.74, 6) is 3.63. The Labute approximate surface area is 87.3 Å². The molecule has 1 atom stereocenters. The van der Waals surface area contributed by atoms with Crippen LogP contribution in [0, 0.1) is 5.92 Å². The average molecular weight is 201 g/mol. The molecule has 1 heterocycles. The Hall–Kier alpha value is 0.310. The van der Waals surface area contributed by atoms with Gasteiger partial charge in [-0.15, -0.1) is 0 Å². The zero-order chi connectivity index (χ0) is 9.52. The minimum absolute atomic E-state index is 0.930. The van der Waals surface area contributed by atoms with Crippen LogP contribution in [0.2, 0.25) is 0 Å². The van der Waals surface area contributed by atoms with Gasteiger partial charge in [-0.1, -0.05) is 20.3 Å². The molecule has 0 amide bonds. The van der Waals surface area contributed by atoms with E-state index in [0.717, 1.165) is 5.92 Å². The lowest BCUT2D eigenvalue weighted by atomic mass is 10.0. The number of thioether (sulfide) groups is 1. The molecule has 78 valence electrons. The van der Waals surface area contributed by atoms with Crippen molar-refractivity contribution < 1.29 is 0 Å². The quantitative estimate of drug-likeness (QED) is 0.673. The Kier molecular flexibility index (Phi) is 5.88. The Balaban J connectivity index is 1.98. The second kappa shape index (κ2) is 6.72. The lowest BCUT2D eigenvalue weighted by Gasteiger charge is -2.26. The van der Waals surface area contributed by atoms with Gasteiger partial charge in [-0.3, -0.25) is 0 Å². The summed E-state index contributed by atoms with van der Waals surface area (Å²) in [6.07, 6.45) is 4.16. The second-order valence-corrected chi connectivity index (χ2v) is 5.33. The van der Waals surface area contributed by atoms with Crippen LogP contribution in [0.1, 0.15) is 33.1 Å². The topological polar surface area (TPSA) is 3.24 Å². The highest BCUT2D eigenvalue weighted by molar-refractivity contribution is 7.99. The fourth-order valence-electron chi connectivity index (χ4n) is 1.69. The van der Waals surface area contributed by atoms with Gasteiger partial charge in [-0.2, -0.15) is 11.8 Å². The van der Waals surface area contributed by atoms with Gasteiger partial charge in [-0.05, 0) is 25.3 Å². The first-order chi connectivity index (χ1) is 6.33. The average Bonchev–Trinajstić information content (AvgIpc) is 2.19. The molecule has 2 heteroatoms. The standard InChI is InChI=1S/C11H23NS/c1-3-11(2)5-4-6-12-7-9-13-10-8-12/h11H,3-10H2,1-2H3. The van der Waals surface area contributed by atoms with Crippen molar-refractivity contribution in [2.75, 3.05) is 31.1 Å². The summed E-state index contributed by atoms with van der Waals surface area (Å²) in [6, 6.07) is 0. The highest BCUT2D eigenvalue weighted by Gasteiger charge is 2.09. The molecule has 0 bridgehead atoms. The van der Waals surface area contributed by atoms with Crippen molar-refractivity contribution in [3.8, 4) is 0 Å². The van der Waals surface area contributed by atoms with Gasteiger partial charge in [0, 0.05) is 24.6 Å². The molecule has 0 N–H and O–H groups in total. The molecular formula is C11H23NS. The van der Waals surface area contributed by atoms with Crippen LogP contribution in [0.5, 0.6) is 0 Å². The number of nitrogens with zero attached hydrogens (tertiary/aromatic N) is 1. The van der Waals surface area contributed by atoms with E-state index < -0.39 is 0 Å². The summed E-state index contributed by atoms with van der Waals surface area (Å²) in [5, 5.41) is 0. The van der Waals surface area contributed by atoms with Crippen LogP contribution in [0.4, 0.5) is 0 Å². The van der Waals surface area contributed by atoms with Gasteiger partial charge in [0.1, 0.15) is 0 Å². The van der Waals surface area contributed by atoms with Crippen molar-refractivity contribution in [3.05, 3.63) is 0 Å². The van der Waals surface area contributed by atoms with E-state index in [2.05, 4.69) is 30.5 Å². The van der Waals surface area contributed by atoms with Crippen molar-refractivity contribution in [2.24, 2.45) is 5.92 Å². The van der Waals surface area contributed by atoms with E-state index in [9.17, 15) is 0 Å². The Morgan fingerprint density at radius 2 is 2.00 bits per heavy atom. The van der Waals surface area contributed by atoms with E-state index in [0.29, 0.717) is 0 Å². The van der Waals surface area contributed by atoms with E-state index in [1.54, 1.807) is 0 Å². The molecule has 1 rings (SSSR count). The third-order valence-corrected chi connectivity index (χ3v) is 3.91. The van der Waals surface area contributed by atoms with Crippen LogP contribution < -0.4 is 0 Å². The van der Waals surface area contributed by atoms with E-state index in [1.165, 1.54) is 50.4 Å². The maximum absolute atomic E-state index is 2.62. The van der Waals surface area contributed by atoms with Gasteiger partial charge in [0.2, 0.25) is 0 Å². The molecule has 1 aliphatic heterocycles. The predicted molar refractivity (Wildman–Crippen MR) is 62.5 cm³/mol. The second-order valence-electron chi connectivity index (χ2n) is 4.11. The Morgan fingerprint density at radius 1 is 1.31 bits per heavy atom. The highest BCUT2D eigenvalue weighted by Crippen LogP contribution is 2.13. The highest BCUT2D eigenvalue weighted by atomic mass is 32.2. The first-order valence-corrected chi connectivity index (χ1v) is 6.78. The molecule has 0 saturated carbocycles. The Morgan fingerprint density at radius 3 is 2.62 bits per heavy atom. The molecule has 1 nitrogen and oxygen atoms in total. The van der Waals surface area contributed by atoms with Gasteiger partial charge >= 0.3 is 0 Å². The molecule has 0 aromatic carbocycles. The number of rotatable bonds is 5. The summed E-state index contributed by atoms with van der Waals surface area (Å²) < 4.78 is 0. The molecule has 0 spiro atoms. The van der Waals surface area contributed by atoms with Gasteiger partial charge in [0.05, 0.1) is 0 Å². The van der Waals surface area contributed by atoms with Crippen molar-refractivity contribution in [1.82, 2.24) is 4.90 Å². The van der Waals surface area contributed by atoms with Gasteiger partial charge in [0.25, 0.3) is 0 Å². The number of hydrogen-bond donors (Lipinski definition) is 0. The fraction of sp³-hybridized carbons (Fsp3) is 1.00. The van der Waals surface area contributed by atoms with Gasteiger partial charge in [-0.25, -0.2) is 0 Å². The van der Waals surface area contributed by atoms with Crippen LogP contribution in [0.15, 0.2) is 0 Å². The lowest BCUT2D eigenvalue weighted by Crippen LogP contribution is -2.33. The summed E-state index contributed by atoms with van der Waals surface area (Å²) in [4.78, 5) is 2.62. The van der Waals surface area contributed by atoms with Crippen LogP contribution in [0.25, 0.3) is 0 Å². The van der Waals surface area contributed by atoms with E-state index in [1.807, 2.05) is 0 Å². The van der Waals surface area contributed by atoms with Crippen LogP contribution in [0.3, 0.4) is 0 Å². The van der Waals surface area contributed by atoms with E-state index >= 15 is 0 Å². The molecule has 13 heavy (non-hydrogen) atoms. The SMILES string of the molecule is CCC(C)CCCN1CCSCC1. The molecular weight excluding hydrogens is 178 g/mol. The zero-order valence-corrected chi connectivity index (χ0v) is 9.91. The molecule has 0 aromatic heterocycles. The van der Waals surface area contributed by atoms with Gasteiger partial charge in [0.15, 0.2) is 0 Å². The van der Waals surface area contributed by atoms with Crippen LogP contribution >= 0.6 is 11.8 Å². The smallest absolute Gasteiger partial charge is 0.00727 e. The van der Waals surface area contributed by atoms with E-state index in [4.69, 9.17) is 0 Å². The largest absolute Gasteiger partial charge is 0.302 e. The fourth-order valence-corrected chi connectivity index (χ4v) is 2.67. The zero-order valence-electron chi connectivity index (χ0n) is 9.09. The maximum atomic E-state index is 2.62. The number of hydrogen-bond acceptors (Lipinski definition) is 2. The van der Waals surface area contributed by atoms with Crippen molar-refractivity contribution >= 4 is 11.8 Å². The molecule has 1 saturated heterocycles. The normalized spacial score (nSPS) is 21.7. The summed E-state index contributed by atoms with van der Waals surface area (Å²) in [6.45, 7) is 8.65. The van der Waals surface area contributed by atoms with Crippen molar-refractivity contribution in [3.63, 3.8) is 0 Å². The summed E-state index contributed by atoms with van der Waals surface area (Å²) in [5.41, 5.74) is 0. The van der Waals surface area contributed by atoms with Gasteiger partial charge < -0.3 is 4.90 Å². The first kappa shape index (κ1) is 11.4. The molecule has 1 unspecified atom stereocenters. The molecule has 0 radical (unpaired) electrons. The predicted octanol–water partition coefficient (Wildman–Crippen LogP) is 2.86. The molecule has 0 aliphatic carbocycles. The third-order valence-electron chi connectivity index (χ3n) is 2.97. The molecule has 1 aliphatic rings. The molecule has 1 fully saturated rings. The van der Waals surface area contributed by atoms with Crippen LogP contribution in [-0.4, -0.2) is 36.0 Å². The van der Waals surface area contributed by atoms with Crippen molar-refractivity contribution in [2.45, 2.75) is 33.1 Å².